The van der Waals surface area contributed by atoms with Crippen molar-refractivity contribution in [1.29, 1.82) is 0 Å². The lowest BCUT2D eigenvalue weighted by Crippen LogP contribution is -2.38. The molecule has 1 aliphatic rings. The zero-order valence-electron chi connectivity index (χ0n) is 17.9. The molecule has 1 N–H and O–H groups in total. The van der Waals surface area contributed by atoms with Crippen LogP contribution in [-0.4, -0.2) is 70.3 Å². The second-order valence-electron chi connectivity index (χ2n) is 7.39. The fourth-order valence-corrected chi connectivity index (χ4v) is 6.11. The van der Waals surface area contributed by atoms with Gasteiger partial charge in [0.25, 0.3) is 5.91 Å². The lowest BCUT2D eigenvalue weighted by molar-refractivity contribution is 0.0763. The van der Waals surface area contributed by atoms with Crippen molar-refractivity contribution in [2.24, 2.45) is 0 Å². The first-order valence-corrected chi connectivity index (χ1v) is 12.7. The van der Waals surface area contributed by atoms with Crippen molar-refractivity contribution in [3.63, 3.8) is 0 Å². The minimum atomic E-state index is -3.80. The average Bonchev–Trinajstić information content (AvgIpc) is 2.92. The zero-order chi connectivity index (χ0) is 23.0. The number of hydrogen-bond donors (Lipinski definition) is 1. The Hall–Kier alpha value is -2.28. The molecule has 12 heteroatoms. The Labute approximate surface area is 182 Å². The Morgan fingerprint density at radius 2 is 1.77 bits per heavy atom. The molecule has 1 aromatic heterocycles. The Kier molecular flexibility index (Phi) is 6.56. The molecule has 31 heavy (non-hydrogen) atoms. The van der Waals surface area contributed by atoms with Gasteiger partial charge in [-0.25, -0.2) is 21.6 Å². The highest BCUT2D eigenvalue weighted by Crippen LogP contribution is 2.25. The smallest absolute Gasteiger partial charge is 0.254 e. The standard InChI is InChI=1S/C19H26N4O6S2/c1-13-6-7-16(30(25,26)20-4)12-17(13)19(24)22-8-5-9-23(11-10-22)31(27,28)18-14(2)21-29-15(18)3/h6-7,12,20H,5,8-11H2,1-4H3. The second kappa shape index (κ2) is 8.69. The molecule has 2 aromatic rings. The molecule has 0 radical (unpaired) electrons. The molecule has 1 amide bonds. The number of aromatic nitrogens is 1. The van der Waals surface area contributed by atoms with Crippen molar-refractivity contribution in [3.05, 3.63) is 40.8 Å². The molecule has 0 bridgehead atoms. The maximum Gasteiger partial charge on any atom is 0.254 e. The summed E-state index contributed by atoms with van der Waals surface area (Å²) < 4.78 is 59.0. The summed E-state index contributed by atoms with van der Waals surface area (Å²) >= 11 is 0. The minimum Gasteiger partial charge on any atom is -0.360 e. The number of amides is 1. The zero-order valence-corrected chi connectivity index (χ0v) is 19.5. The van der Waals surface area contributed by atoms with Crippen LogP contribution in [0, 0.1) is 20.8 Å². The van der Waals surface area contributed by atoms with Gasteiger partial charge in [0, 0.05) is 31.7 Å². The minimum absolute atomic E-state index is 0.00128. The second-order valence-corrected chi connectivity index (χ2v) is 11.1. The van der Waals surface area contributed by atoms with E-state index in [1.807, 2.05) is 0 Å². The number of hydrogen-bond acceptors (Lipinski definition) is 7. The molecule has 2 heterocycles. The Morgan fingerprint density at radius 1 is 1.06 bits per heavy atom. The highest BCUT2D eigenvalue weighted by Gasteiger charge is 2.33. The molecule has 1 saturated heterocycles. The van der Waals surface area contributed by atoms with E-state index in [2.05, 4.69) is 9.88 Å². The van der Waals surface area contributed by atoms with Gasteiger partial charge in [-0.15, -0.1) is 0 Å². The molecule has 170 valence electrons. The Bertz CT molecular complexity index is 1180. The Morgan fingerprint density at radius 3 is 2.39 bits per heavy atom. The number of rotatable bonds is 5. The largest absolute Gasteiger partial charge is 0.360 e. The van der Waals surface area contributed by atoms with Crippen molar-refractivity contribution in [1.82, 2.24) is 19.1 Å². The third-order valence-corrected chi connectivity index (χ3v) is 8.88. The summed E-state index contributed by atoms with van der Waals surface area (Å²) in [5.74, 6) is -0.102. The van der Waals surface area contributed by atoms with E-state index in [-0.39, 0.29) is 46.7 Å². The number of aryl methyl sites for hydroxylation is 3. The van der Waals surface area contributed by atoms with Crippen LogP contribution in [-0.2, 0) is 20.0 Å². The van der Waals surface area contributed by atoms with Crippen LogP contribution in [0.15, 0.2) is 32.5 Å². The number of carbonyl (C=O) groups excluding carboxylic acids is 1. The summed E-state index contributed by atoms with van der Waals surface area (Å²) in [4.78, 5) is 14.8. The lowest BCUT2D eigenvalue weighted by atomic mass is 10.1. The van der Waals surface area contributed by atoms with E-state index >= 15 is 0 Å². The van der Waals surface area contributed by atoms with E-state index < -0.39 is 20.0 Å². The van der Waals surface area contributed by atoms with Gasteiger partial charge in [-0.2, -0.15) is 4.31 Å². The van der Waals surface area contributed by atoms with Crippen LogP contribution in [0.4, 0.5) is 0 Å². The van der Waals surface area contributed by atoms with Gasteiger partial charge in [-0.3, -0.25) is 4.79 Å². The van der Waals surface area contributed by atoms with Crippen LogP contribution >= 0.6 is 0 Å². The first kappa shape index (κ1) is 23.4. The third kappa shape index (κ3) is 4.52. The van der Waals surface area contributed by atoms with Gasteiger partial charge in [0.2, 0.25) is 20.0 Å². The maximum absolute atomic E-state index is 13.2. The maximum atomic E-state index is 13.2. The molecule has 0 spiro atoms. The van der Waals surface area contributed by atoms with Gasteiger partial charge < -0.3 is 9.42 Å². The van der Waals surface area contributed by atoms with Crippen LogP contribution in [0.25, 0.3) is 0 Å². The molecule has 3 rings (SSSR count). The number of carbonyl (C=O) groups is 1. The van der Waals surface area contributed by atoms with Gasteiger partial charge in [-0.1, -0.05) is 11.2 Å². The summed E-state index contributed by atoms with van der Waals surface area (Å²) in [7, 11) is -6.19. The van der Waals surface area contributed by atoms with Gasteiger partial charge in [0.05, 0.1) is 4.90 Å². The van der Waals surface area contributed by atoms with Gasteiger partial charge in [0.1, 0.15) is 10.6 Å². The highest BCUT2D eigenvalue weighted by atomic mass is 32.2. The molecule has 1 aromatic carbocycles. The topological polar surface area (TPSA) is 130 Å². The number of sulfonamides is 2. The van der Waals surface area contributed by atoms with E-state index in [0.717, 1.165) is 0 Å². The molecule has 0 saturated carbocycles. The molecule has 1 fully saturated rings. The summed E-state index contributed by atoms with van der Waals surface area (Å²) in [5, 5.41) is 3.73. The van der Waals surface area contributed by atoms with Crippen LogP contribution in [0.5, 0.6) is 0 Å². The third-order valence-electron chi connectivity index (χ3n) is 5.33. The molecule has 10 nitrogen and oxygen atoms in total. The summed E-state index contributed by atoms with van der Waals surface area (Å²) in [5.41, 5.74) is 1.22. The number of nitrogens with one attached hydrogen (secondary N) is 1. The molecular formula is C19H26N4O6S2. The van der Waals surface area contributed by atoms with E-state index in [9.17, 15) is 21.6 Å². The van der Waals surface area contributed by atoms with Gasteiger partial charge in [-0.05, 0) is 51.9 Å². The fraction of sp³-hybridized carbons (Fsp3) is 0.474. The molecule has 0 aliphatic carbocycles. The Balaban J connectivity index is 1.83. The van der Waals surface area contributed by atoms with Crippen molar-refractivity contribution in [3.8, 4) is 0 Å². The predicted molar refractivity (Wildman–Crippen MR) is 113 cm³/mol. The fourth-order valence-electron chi connectivity index (χ4n) is 3.60. The summed E-state index contributed by atoms with van der Waals surface area (Å²) in [6.07, 6.45) is 0.446. The SMILES string of the molecule is CNS(=O)(=O)c1ccc(C)c(C(=O)N2CCCN(S(=O)(=O)c3c(C)noc3C)CC2)c1. The highest BCUT2D eigenvalue weighted by molar-refractivity contribution is 7.89. The molecule has 0 unspecified atom stereocenters. The van der Waals surface area contributed by atoms with Crippen LogP contribution < -0.4 is 4.72 Å². The van der Waals surface area contributed by atoms with Crippen molar-refractivity contribution in [2.75, 3.05) is 33.2 Å². The van der Waals surface area contributed by atoms with Crippen LogP contribution in [0.1, 0.15) is 33.8 Å². The van der Waals surface area contributed by atoms with E-state index in [4.69, 9.17) is 4.52 Å². The normalized spacial score (nSPS) is 16.3. The first-order chi connectivity index (χ1) is 14.5. The monoisotopic (exact) mass is 470 g/mol. The van der Waals surface area contributed by atoms with Crippen molar-refractivity contribution < 1.29 is 26.2 Å². The van der Waals surface area contributed by atoms with Crippen LogP contribution in [0.2, 0.25) is 0 Å². The average molecular weight is 471 g/mol. The predicted octanol–water partition coefficient (Wildman–Crippen LogP) is 1.04. The quantitative estimate of drug-likeness (QED) is 0.691. The van der Waals surface area contributed by atoms with E-state index in [1.165, 1.54) is 23.5 Å². The summed E-state index contributed by atoms with van der Waals surface area (Å²) in [6, 6.07) is 4.38. The molecular weight excluding hydrogens is 444 g/mol. The summed E-state index contributed by atoms with van der Waals surface area (Å²) in [6.45, 7) is 5.77. The molecule has 0 atom stereocenters. The number of benzene rings is 1. The van der Waals surface area contributed by atoms with Gasteiger partial charge in [0.15, 0.2) is 5.76 Å². The van der Waals surface area contributed by atoms with Crippen LogP contribution in [0.3, 0.4) is 0 Å². The first-order valence-electron chi connectivity index (χ1n) is 9.75. The van der Waals surface area contributed by atoms with Gasteiger partial charge >= 0.3 is 0 Å². The van der Waals surface area contributed by atoms with E-state index in [0.29, 0.717) is 24.2 Å². The molecule has 1 aliphatic heterocycles. The number of nitrogens with zero attached hydrogens (tertiary/aromatic N) is 3. The van der Waals surface area contributed by atoms with E-state index in [1.54, 1.807) is 31.7 Å². The lowest BCUT2D eigenvalue weighted by Gasteiger charge is -2.23. The van der Waals surface area contributed by atoms with Crippen molar-refractivity contribution in [2.45, 2.75) is 37.0 Å². The van der Waals surface area contributed by atoms with Crippen molar-refractivity contribution >= 4 is 26.0 Å².